The molecular weight excluding hydrogens is 284 g/mol. The van der Waals surface area contributed by atoms with E-state index in [-0.39, 0.29) is 18.4 Å². The highest BCUT2D eigenvalue weighted by Gasteiger charge is 2.29. The Kier molecular flexibility index (Phi) is 5.80. The van der Waals surface area contributed by atoms with E-state index in [2.05, 4.69) is 0 Å². The number of rotatable bonds is 3. The molecule has 1 aromatic carbocycles. The summed E-state index contributed by atoms with van der Waals surface area (Å²) in [6, 6.07) is 7.17. The quantitative estimate of drug-likeness (QED) is 0.926. The van der Waals surface area contributed by atoms with Gasteiger partial charge in [0.25, 0.3) is 0 Å². The number of sulfonamides is 1. The van der Waals surface area contributed by atoms with Crippen LogP contribution in [0.3, 0.4) is 0 Å². The molecule has 1 aromatic rings. The third-order valence-corrected chi connectivity index (χ3v) is 5.36. The zero-order valence-corrected chi connectivity index (χ0v) is 12.7. The minimum Gasteiger partial charge on any atom is -0.327 e. The number of nitrogens with two attached hydrogens (primary N) is 1. The van der Waals surface area contributed by atoms with Crippen molar-refractivity contribution in [2.75, 3.05) is 13.1 Å². The van der Waals surface area contributed by atoms with Crippen molar-refractivity contribution in [2.24, 2.45) is 5.73 Å². The van der Waals surface area contributed by atoms with Crippen molar-refractivity contribution in [3.63, 3.8) is 0 Å². The van der Waals surface area contributed by atoms with Crippen LogP contribution in [0.2, 0.25) is 0 Å². The lowest BCUT2D eigenvalue weighted by Crippen LogP contribution is -2.45. The van der Waals surface area contributed by atoms with Gasteiger partial charge in [-0.1, -0.05) is 25.1 Å². The maximum atomic E-state index is 12.6. The predicted molar refractivity (Wildman–Crippen MR) is 79.0 cm³/mol. The van der Waals surface area contributed by atoms with Crippen LogP contribution in [-0.4, -0.2) is 31.9 Å². The molecule has 1 atom stereocenters. The molecule has 0 radical (unpaired) electrons. The molecule has 1 heterocycles. The Morgan fingerprint density at radius 3 is 2.68 bits per heavy atom. The lowest BCUT2D eigenvalue weighted by atomic mass is 10.1. The second kappa shape index (κ2) is 6.70. The van der Waals surface area contributed by atoms with Gasteiger partial charge in [-0.2, -0.15) is 4.31 Å². The molecule has 2 N–H and O–H groups in total. The summed E-state index contributed by atoms with van der Waals surface area (Å²) in [6.45, 7) is 2.98. The van der Waals surface area contributed by atoms with Crippen molar-refractivity contribution in [2.45, 2.75) is 37.1 Å². The van der Waals surface area contributed by atoms with Gasteiger partial charge >= 0.3 is 0 Å². The SMILES string of the molecule is CCc1ccccc1S(=O)(=O)N1CCCC(N)C1.Cl. The van der Waals surface area contributed by atoms with E-state index in [4.69, 9.17) is 5.73 Å². The summed E-state index contributed by atoms with van der Waals surface area (Å²) in [5.41, 5.74) is 6.74. The molecule has 19 heavy (non-hydrogen) atoms. The number of piperidine rings is 1. The minimum absolute atomic E-state index is 0. The predicted octanol–water partition coefficient (Wildman–Crippen LogP) is 1.78. The summed E-state index contributed by atoms with van der Waals surface area (Å²) in [7, 11) is -3.38. The van der Waals surface area contributed by atoms with Crippen LogP contribution in [0, 0.1) is 0 Å². The van der Waals surface area contributed by atoms with E-state index in [0.717, 1.165) is 24.8 Å². The Bertz CT molecular complexity index is 519. The van der Waals surface area contributed by atoms with E-state index in [1.165, 1.54) is 4.31 Å². The molecule has 1 aliphatic rings. The van der Waals surface area contributed by atoms with Crippen LogP contribution < -0.4 is 5.73 Å². The van der Waals surface area contributed by atoms with E-state index in [9.17, 15) is 8.42 Å². The summed E-state index contributed by atoms with van der Waals surface area (Å²) in [5, 5.41) is 0. The third kappa shape index (κ3) is 3.48. The van der Waals surface area contributed by atoms with Crippen LogP contribution in [-0.2, 0) is 16.4 Å². The number of nitrogens with zero attached hydrogens (tertiary/aromatic N) is 1. The Morgan fingerprint density at radius 2 is 2.05 bits per heavy atom. The Morgan fingerprint density at radius 1 is 1.37 bits per heavy atom. The van der Waals surface area contributed by atoms with Gasteiger partial charge in [0.1, 0.15) is 0 Å². The summed E-state index contributed by atoms with van der Waals surface area (Å²) in [4.78, 5) is 0.432. The van der Waals surface area contributed by atoms with Gasteiger partial charge in [-0.25, -0.2) is 8.42 Å². The van der Waals surface area contributed by atoms with E-state index < -0.39 is 10.0 Å². The molecule has 4 nitrogen and oxygen atoms in total. The number of halogens is 1. The average molecular weight is 305 g/mol. The number of hydrogen-bond acceptors (Lipinski definition) is 3. The van der Waals surface area contributed by atoms with E-state index in [1.807, 2.05) is 19.1 Å². The number of aryl methyl sites for hydroxylation is 1. The van der Waals surface area contributed by atoms with Crippen LogP contribution in [0.25, 0.3) is 0 Å². The highest BCUT2D eigenvalue weighted by atomic mass is 35.5. The van der Waals surface area contributed by atoms with Crippen LogP contribution in [0.1, 0.15) is 25.3 Å². The van der Waals surface area contributed by atoms with Crippen LogP contribution in [0.15, 0.2) is 29.2 Å². The van der Waals surface area contributed by atoms with Crippen molar-refractivity contribution < 1.29 is 8.42 Å². The third-order valence-electron chi connectivity index (χ3n) is 3.39. The number of hydrogen-bond donors (Lipinski definition) is 1. The molecular formula is C13H21ClN2O2S. The second-order valence-corrected chi connectivity index (χ2v) is 6.63. The van der Waals surface area contributed by atoms with Crippen molar-refractivity contribution in [3.8, 4) is 0 Å². The molecule has 1 aliphatic heterocycles. The molecule has 1 unspecified atom stereocenters. The fourth-order valence-electron chi connectivity index (χ4n) is 2.38. The van der Waals surface area contributed by atoms with Gasteiger partial charge in [0.2, 0.25) is 10.0 Å². The first-order valence-electron chi connectivity index (χ1n) is 6.39. The zero-order valence-electron chi connectivity index (χ0n) is 11.1. The molecule has 0 aliphatic carbocycles. The highest BCUT2D eigenvalue weighted by molar-refractivity contribution is 7.89. The van der Waals surface area contributed by atoms with E-state index in [1.54, 1.807) is 12.1 Å². The van der Waals surface area contributed by atoms with E-state index >= 15 is 0 Å². The van der Waals surface area contributed by atoms with Crippen LogP contribution in [0.5, 0.6) is 0 Å². The fraction of sp³-hybridized carbons (Fsp3) is 0.538. The lowest BCUT2D eigenvalue weighted by Gasteiger charge is -2.30. The Labute approximate surface area is 121 Å². The molecule has 2 rings (SSSR count). The monoisotopic (exact) mass is 304 g/mol. The highest BCUT2D eigenvalue weighted by Crippen LogP contribution is 2.23. The normalized spacial score (nSPS) is 20.8. The second-order valence-electron chi connectivity index (χ2n) is 4.73. The van der Waals surface area contributed by atoms with Gasteiger partial charge in [0.05, 0.1) is 4.90 Å². The Hall–Kier alpha value is -0.620. The fourth-order valence-corrected chi connectivity index (χ4v) is 4.21. The molecule has 1 fully saturated rings. The van der Waals surface area contributed by atoms with Crippen LogP contribution >= 0.6 is 12.4 Å². The van der Waals surface area contributed by atoms with Crippen molar-refractivity contribution >= 4 is 22.4 Å². The largest absolute Gasteiger partial charge is 0.327 e. The maximum Gasteiger partial charge on any atom is 0.243 e. The van der Waals surface area contributed by atoms with E-state index in [0.29, 0.717) is 18.0 Å². The molecule has 0 saturated carbocycles. The molecule has 108 valence electrons. The molecule has 0 aromatic heterocycles. The molecule has 0 spiro atoms. The average Bonchev–Trinajstić information content (AvgIpc) is 2.38. The molecule has 1 saturated heterocycles. The van der Waals surface area contributed by atoms with Gasteiger partial charge in [0, 0.05) is 19.1 Å². The number of benzene rings is 1. The first-order valence-corrected chi connectivity index (χ1v) is 7.83. The molecule has 0 amide bonds. The van der Waals surface area contributed by atoms with Crippen molar-refractivity contribution in [1.82, 2.24) is 4.31 Å². The van der Waals surface area contributed by atoms with Crippen molar-refractivity contribution in [3.05, 3.63) is 29.8 Å². The molecule has 6 heteroatoms. The smallest absolute Gasteiger partial charge is 0.243 e. The Balaban J connectivity index is 0.00000180. The van der Waals surface area contributed by atoms with Crippen molar-refractivity contribution in [1.29, 1.82) is 0 Å². The maximum absolute atomic E-state index is 12.6. The van der Waals surface area contributed by atoms with Gasteiger partial charge in [0.15, 0.2) is 0 Å². The summed E-state index contributed by atoms with van der Waals surface area (Å²) < 4.78 is 26.7. The zero-order chi connectivity index (χ0) is 13.2. The standard InChI is InChI=1S/C13H20N2O2S.ClH/c1-2-11-6-3-4-8-13(11)18(16,17)15-9-5-7-12(14)10-15;/h3-4,6,8,12H,2,5,7,9-10,14H2,1H3;1H. The van der Waals surface area contributed by atoms with Crippen LogP contribution in [0.4, 0.5) is 0 Å². The van der Waals surface area contributed by atoms with Gasteiger partial charge in [-0.15, -0.1) is 12.4 Å². The molecule has 0 bridgehead atoms. The van der Waals surface area contributed by atoms with Gasteiger partial charge in [-0.3, -0.25) is 0 Å². The van der Waals surface area contributed by atoms with Gasteiger partial charge < -0.3 is 5.73 Å². The lowest BCUT2D eigenvalue weighted by molar-refractivity contribution is 0.316. The summed E-state index contributed by atoms with van der Waals surface area (Å²) >= 11 is 0. The first kappa shape index (κ1) is 16.4. The summed E-state index contributed by atoms with van der Waals surface area (Å²) in [6.07, 6.45) is 2.46. The minimum atomic E-state index is -3.38. The summed E-state index contributed by atoms with van der Waals surface area (Å²) in [5.74, 6) is 0. The van der Waals surface area contributed by atoms with Gasteiger partial charge in [-0.05, 0) is 30.9 Å². The topological polar surface area (TPSA) is 63.4 Å². The first-order chi connectivity index (χ1) is 8.55.